The van der Waals surface area contributed by atoms with Gasteiger partial charge in [-0.1, -0.05) is 5.92 Å². The van der Waals surface area contributed by atoms with Crippen LogP contribution in [0.4, 0.5) is 5.82 Å². The molecule has 1 aromatic rings. The van der Waals surface area contributed by atoms with E-state index in [1.54, 1.807) is 6.92 Å². The number of nitrogens with zero attached hydrogens (tertiary/aromatic N) is 2. The van der Waals surface area contributed by atoms with E-state index >= 15 is 0 Å². The van der Waals surface area contributed by atoms with Crippen LogP contribution in [0.5, 0.6) is 11.6 Å². The summed E-state index contributed by atoms with van der Waals surface area (Å²) in [7, 11) is 1.47. The van der Waals surface area contributed by atoms with Gasteiger partial charge in [-0.05, 0) is 6.92 Å². The second-order valence-corrected chi connectivity index (χ2v) is 2.63. The highest BCUT2D eigenvalue weighted by Gasteiger charge is 2.14. The van der Waals surface area contributed by atoms with Gasteiger partial charge in [0.2, 0.25) is 5.75 Å². The molecule has 0 fully saturated rings. The van der Waals surface area contributed by atoms with Crippen molar-refractivity contribution in [2.24, 2.45) is 5.84 Å². The summed E-state index contributed by atoms with van der Waals surface area (Å²) < 4.78 is 10.4. The molecule has 0 aliphatic carbocycles. The third kappa shape index (κ3) is 2.48. The Hall–Kier alpha value is -2.00. The molecule has 3 N–H and O–H groups in total. The van der Waals surface area contributed by atoms with Crippen LogP contribution in [-0.2, 0) is 0 Å². The minimum atomic E-state index is -0.403. The highest BCUT2D eigenvalue weighted by molar-refractivity contribution is 5.54. The molecule has 0 amide bonds. The fourth-order valence-corrected chi connectivity index (χ4v) is 0.930. The van der Waals surface area contributed by atoms with Gasteiger partial charge in [0.15, 0.2) is 11.9 Å². The van der Waals surface area contributed by atoms with Gasteiger partial charge in [0.25, 0.3) is 5.88 Å². The van der Waals surface area contributed by atoms with Crippen LogP contribution in [-0.4, -0.2) is 23.2 Å². The van der Waals surface area contributed by atoms with Crippen LogP contribution in [0, 0.1) is 12.3 Å². The van der Waals surface area contributed by atoms with Crippen molar-refractivity contribution in [2.75, 3.05) is 12.5 Å². The van der Waals surface area contributed by atoms with Crippen molar-refractivity contribution in [3.05, 3.63) is 6.33 Å². The van der Waals surface area contributed by atoms with E-state index in [2.05, 4.69) is 21.3 Å². The molecule has 1 aromatic heterocycles. The molecule has 0 saturated heterocycles. The van der Waals surface area contributed by atoms with Crippen molar-refractivity contribution in [1.29, 1.82) is 0 Å². The summed E-state index contributed by atoms with van der Waals surface area (Å²) in [5.41, 5.74) is 2.37. The molecule has 0 aliphatic rings. The number of hydrogen-bond donors (Lipinski definition) is 2. The number of rotatable bonds is 4. The SMILES string of the molecule is C#CC(C)Oc1ncnc(NN)c1OC. The van der Waals surface area contributed by atoms with E-state index in [4.69, 9.17) is 21.7 Å². The zero-order valence-electron chi connectivity index (χ0n) is 8.52. The molecular weight excluding hydrogens is 196 g/mol. The van der Waals surface area contributed by atoms with Gasteiger partial charge in [-0.15, -0.1) is 6.42 Å². The number of methoxy groups -OCH3 is 1. The molecule has 1 heterocycles. The maximum atomic E-state index is 5.32. The van der Waals surface area contributed by atoms with Crippen LogP contribution in [0.1, 0.15) is 6.92 Å². The topological polar surface area (TPSA) is 82.3 Å². The molecule has 6 heteroatoms. The van der Waals surface area contributed by atoms with Gasteiger partial charge in [-0.25, -0.2) is 10.8 Å². The first-order valence-electron chi connectivity index (χ1n) is 4.21. The molecule has 1 unspecified atom stereocenters. The van der Waals surface area contributed by atoms with Crippen LogP contribution in [0.3, 0.4) is 0 Å². The van der Waals surface area contributed by atoms with E-state index in [1.807, 2.05) is 0 Å². The lowest BCUT2D eigenvalue weighted by Crippen LogP contribution is -2.14. The van der Waals surface area contributed by atoms with Gasteiger partial charge in [0, 0.05) is 0 Å². The smallest absolute Gasteiger partial charge is 0.263 e. The molecule has 6 nitrogen and oxygen atoms in total. The minimum Gasteiger partial charge on any atom is -0.489 e. The maximum Gasteiger partial charge on any atom is 0.263 e. The largest absolute Gasteiger partial charge is 0.489 e. The maximum absolute atomic E-state index is 5.32. The van der Waals surface area contributed by atoms with Crippen LogP contribution < -0.4 is 20.7 Å². The first kappa shape index (κ1) is 11.1. The third-order valence-electron chi connectivity index (χ3n) is 1.64. The Balaban J connectivity index is 3.02. The summed E-state index contributed by atoms with van der Waals surface area (Å²) in [4.78, 5) is 7.75. The standard InChI is InChI=1S/C9H12N4O2/c1-4-6(2)15-9-7(14-3)8(13-10)11-5-12-9/h1,5-6H,10H2,2-3H3,(H,11,12,13). The number of terminal acetylenes is 1. The van der Waals surface area contributed by atoms with E-state index in [-0.39, 0.29) is 5.88 Å². The van der Waals surface area contributed by atoms with Crippen molar-refractivity contribution in [3.63, 3.8) is 0 Å². The first-order chi connectivity index (χ1) is 7.22. The zero-order valence-corrected chi connectivity index (χ0v) is 8.52. The number of ether oxygens (including phenoxy) is 2. The van der Waals surface area contributed by atoms with Crippen LogP contribution in [0.25, 0.3) is 0 Å². The molecule has 0 aromatic carbocycles. The van der Waals surface area contributed by atoms with Crippen molar-refractivity contribution in [2.45, 2.75) is 13.0 Å². The second-order valence-electron chi connectivity index (χ2n) is 2.63. The summed E-state index contributed by atoms with van der Waals surface area (Å²) >= 11 is 0. The molecule has 15 heavy (non-hydrogen) atoms. The van der Waals surface area contributed by atoms with Gasteiger partial charge in [-0.2, -0.15) is 4.98 Å². The predicted molar refractivity (Wildman–Crippen MR) is 55.3 cm³/mol. The molecule has 0 spiro atoms. The van der Waals surface area contributed by atoms with Gasteiger partial charge in [0.1, 0.15) is 6.33 Å². The van der Waals surface area contributed by atoms with Gasteiger partial charge in [0.05, 0.1) is 7.11 Å². The summed E-state index contributed by atoms with van der Waals surface area (Å²) in [6.07, 6.45) is 6.08. The van der Waals surface area contributed by atoms with Crippen LogP contribution >= 0.6 is 0 Å². The number of nitrogens with one attached hydrogen (secondary N) is 1. The minimum absolute atomic E-state index is 0.255. The quantitative estimate of drug-likeness (QED) is 0.417. The fourth-order valence-electron chi connectivity index (χ4n) is 0.930. The number of hydrogen-bond acceptors (Lipinski definition) is 6. The lowest BCUT2D eigenvalue weighted by molar-refractivity contribution is 0.250. The molecule has 1 rings (SSSR count). The lowest BCUT2D eigenvalue weighted by Gasteiger charge is -2.13. The highest BCUT2D eigenvalue weighted by atomic mass is 16.5. The van der Waals surface area contributed by atoms with Crippen molar-refractivity contribution in [3.8, 4) is 24.0 Å². The van der Waals surface area contributed by atoms with E-state index in [0.717, 1.165) is 0 Å². The first-order valence-corrected chi connectivity index (χ1v) is 4.21. The van der Waals surface area contributed by atoms with Crippen LogP contribution in [0.15, 0.2) is 6.33 Å². The number of hydrazine groups is 1. The molecule has 0 aliphatic heterocycles. The number of nitrogen functional groups attached to an aromatic ring is 1. The fraction of sp³-hybridized carbons (Fsp3) is 0.333. The monoisotopic (exact) mass is 208 g/mol. The molecule has 0 radical (unpaired) electrons. The van der Waals surface area contributed by atoms with Gasteiger partial charge >= 0.3 is 0 Å². The van der Waals surface area contributed by atoms with Crippen molar-refractivity contribution < 1.29 is 9.47 Å². The average Bonchev–Trinajstić information content (AvgIpc) is 2.28. The summed E-state index contributed by atoms with van der Waals surface area (Å²) in [6, 6.07) is 0. The van der Waals surface area contributed by atoms with Crippen LogP contribution in [0.2, 0.25) is 0 Å². The molecule has 0 saturated carbocycles. The Morgan fingerprint density at radius 2 is 2.33 bits per heavy atom. The Kier molecular flexibility index (Phi) is 3.71. The summed E-state index contributed by atoms with van der Waals surface area (Å²) in [5.74, 6) is 8.57. The Labute approximate surface area is 87.8 Å². The van der Waals surface area contributed by atoms with Crippen molar-refractivity contribution >= 4 is 5.82 Å². The Morgan fingerprint density at radius 3 is 2.87 bits per heavy atom. The third-order valence-corrected chi connectivity index (χ3v) is 1.64. The second kappa shape index (κ2) is 5.02. The van der Waals surface area contributed by atoms with E-state index in [9.17, 15) is 0 Å². The van der Waals surface area contributed by atoms with Gasteiger partial charge < -0.3 is 14.9 Å². The van der Waals surface area contributed by atoms with E-state index in [1.165, 1.54) is 13.4 Å². The number of anilines is 1. The molecule has 1 atom stereocenters. The Bertz CT molecular complexity index is 375. The summed E-state index contributed by atoms with van der Waals surface area (Å²) in [6.45, 7) is 1.72. The van der Waals surface area contributed by atoms with E-state index in [0.29, 0.717) is 11.6 Å². The van der Waals surface area contributed by atoms with Gasteiger partial charge in [-0.3, -0.25) is 0 Å². The Morgan fingerprint density at radius 1 is 1.60 bits per heavy atom. The average molecular weight is 208 g/mol. The molecular formula is C9H12N4O2. The normalized spacial score (nSPS) is 11.3. The van der Waals surface area contributed by atoms with E-state index < -0.39 is 6.10 Å². The highest BCUT2D eigenvalue weighted by Crippen LogP contribution is 2.30. The zero-order chi connectivity index (χ0) is 11.3. The number of nitrogens with two attached hydrogens (primary N) is 1. The van der Waals surface area contributed by atoms with Crippen molar-refractivity contribution in [1.82, 2.24) is 9.97 Å². The number of aromatic nitrogens is 2. The predicted octanol–water partition coefficient (Wildman–Crippen LogP) is 0.171. The molecule has 0 bridgehead atoms. The lowest BCUT2D eigenvalue weighted by atomic mass is 10.4. The summed E-state index contributed by atoms with van der Waals surface area (Å²) in [5, 5.41) is 0. The molecule has 80 valence electrons.